The molecule has 1 aliphatic rings. The highest BCUT2D eigenvalue weighted by atomic mass is 79.9. The molecule has 4 heteroatoms. The normalized spacial score (nSPS) is 20.4. The van der Waals surface area contributed by atoms with Crippen LogP contribution >= 0.6 is 15.9 Å². The summed E-state index contributed by atoms with van der Waals surface area (Å²) in [6.07, 6.45) is 1.07. The molecule has 94 valence electrons. The maximum Gasteiger partial charge on any atom is 0.0632 e. The summed E-state index contributed by atoms with van der Waals surface area (Å²) in [5, 5.41) is 6.90. The fourth-order valence-electron chi connectivity index (χ4n) is 1.91. The van der Waals surface area contributed by atoms with E-state index in [1.54, 1.807) is 0 Å². The van der Waals surface area contributed by atoms with E-state index in [0.717, 1.165) is 43.7 Å². The second-order valence-corrected chi connectivity index (χ2v) is 5.22. The van der Waals surface area contributed by atoms with Crippen molar-refractivity contribution in [2.75, 3.05) is 32.8 Å². The van der Waals surface area contributed by atoms with Crippen LogP contribution in [0.5, 0.6) is 0 Å². The van der Waals surface area contributed by atoms with Gasteiger partial charge in [0.1, 0.15) is 0 Å². The molecule has 1 saturated heterocycles. The minimum absolute atomic E-state index is 0.466. The van der Waals surface area contributed by atoms with Crippen LogP contribution in [-0.2, 0) is 11.2 Å². The van der Waals surface area contributed by atoms with Gasteiger partial charge in [0.2, 0.25) is 0 Å². The Labute approximate surface area is 111 Å². The van der Waals surface area contributed by atoms with Gasteiger partial charge in [-0.2, -0.15) is 0 Å². The number of halogens is 1. The number of rotatable bonds is 5. The molecule has 0 radical (unpaired) electrons. The number of hydrogen-bond donors (Lipinski definition) is 2. The Balaban J connectivity index is 1.60. The lowest BCUT2D eigenvalue weighted by atomic mass is 10.1. The Morgan fingerprint density at radius 2 is 2.18 bits per heavy atom. The number of benzene rings is 1. The molecule has 0 spiro atoms. The van der Waals surface area contributed by atoms with Crippen LogP contribution in [-0.4, -0.2) is 38.9 Å². The van der Waals surface area contributed by atoms with Crippen molar-refractivity contribution >= 4 is 15.9 Å². The number of ether oxygens (including phenoxy) is 1. The van der Waals surface area contributed by atoms with Crippen molar-refractivity contribution in [3.63, 3.8) is 0 Å². The zero-order chi connectivity index (χ0) is 11.9. The monoisotopic (exact) mass is 298 g/mol. The van der Waals surface area contributed by atoms with E-state index in [2.05, 4.69) is 50.8 Å². The molecule has 17 heavy (non-hydrogen) atoms. The number of hydrogen-bond acceptors (Lipinski definition) is 3. The summed E-state index contributed by atoms with van der Waals surface area (Å²) in [6, 6.07) is 8.97. The SMILES string of the molecule is Brc1ccc(CCNCC2COCCN2)cc1. The van der Waals surface area contributed by atoms with E-state index in [0.29, 0.717) is 6.04 Å². The molecule has 0 aliphatic carbocycles. The largest absolute Gasteiger partial charge is 0.378 e. The van der Waals surface area contributed by atoms with Crippen molar-refractivity contribution < 1.29 is 4.74 Å². The highest BCUT2D eigenvalue weighted by Gasteiger charge is 2.11. The Hall–Kier alpha value is -0.420. The maximum absolute atomic E-state index is 5.40. The van der Waals surface area contributed by atoms with Crippen LogP contribution in [0.4, 0.5) is 0 Å². The third-order valence-corrected chi connectivity index (χ3v) is 3.42. The van der Waals surface area contributed by atoms with E-state index in [-0.39, 0.29) is 0 Å². The topological polar surface area (TPSA) is 33.3 Å². The quantitative estimate of drug-likeness (QED) is 0.810. The molecule has 1 aromatic rings. The first-order chi connectivity index (χ1) is 8.34. The standard InChI is InChI=1S/C13H19BrN2O/c14-12-3-1-11(2-4-12)5-6-15-9-13-10-17-8-7-16-13/h1-4,13,15-16H,5-10H2. The van der Waals surface area contributed by atoms with E-state index in [1.165, 1.54) is 5.56 Å². The summed E-state index contributed by atoms with van der Waals surface area (Å²) >= 11 is 3.44. The van der Waals surface area contributed by atoms with E-state index in [9.17, 15) is 0 Å². The summed E-state index contributed by atoms with van der Waals surface area (Å²) in [5.74, 6) is 0. The van der Waals surface area contributed by atoms with E-state index in [1.807, 2.05) is 0 Å². The van der Waals surface area contributed by atoms with Crippen molar-refractivity contribution in [2.45, 2.75) is 12.5 Å². The Morgan fingerprint density at radius 1 is 1.35 bits per heavy atom. The van der Waals surface area contributed by atoms with Crippen LogP contribution in [0.2, 0.25) is 0 Å². The Morgan fingerprint density at radius 3 is 2.88 bits per heavy atom. The van der Waals surface area contributed by atoms with E-state index < -0.39 is 0 Å². The molecule has 0 saturated carbocycles. The molecule has 0 bridgehead atoms. The first kappa shape index (κ1) is 13.0. The van der Waals surface area contributed by atoms with Gasteiger partial charge in [-0.25, -0.2) is 0 Å². The van der Waals surface area contributed by atoms with Gasteiger partial charge in [0.15, 0.2) is 0 Å². The molecule has 2 N–H and O–H groups in total. The molecule has 1 heterocycles. The van der Waals surface area contributed by atoms with Crippen molar-refractivity contribution in [2.24, 2.45) is 0 Å². The van der Waals surface area contributed by atoms with Crippen molar-refractivity contribution in [3.05, 3.63) is 34.3 Å². The summed E-state index contributed by atoms with van der Waals surface area (Å²) < 4.78 is 6.54. The molecule has 0 amide bonds. The molecule has 1 fully saturated rings. The smallest absolute Gasteiger partial charge is 0.0632 e. The Kier molecular flexibility index (Phi) is 5.45. The molecular weight excluding hydrogens is 280 g/mol. The predicted octanol–water partition coefficient (Wildman–Crippen LogP) is 1.57. The third kappa shape index (κ3) is 4.76. The van der Waals surface area contributed by atoms with Gasteiger partial charge in [0.25, 0.3) is 0 Å². The summed E-state index contributed by atoms with van der Waals surface area (Å²) in [7, 11) is 0. The first-order valence-electron chi connectivity index (χ1n) is 6.11. The lowest BCUT2D eigenvalue weighted by molar-refractivity contribution is 0.0768. The van der Waals surface area contributed by atoms with Crippen LogP contribution < -0.4 is 10.6 Å². The van der Waals surface area contributed by atoms with Gasteiger partial charge in [0.05, 0.1) is 13.2 Å². The molecule has 0 aromatic heterocycles. The van der Waals surface area contributed by atoms with E-state index >= 15 is 0 Å². The average Bonchev–Trinajstić information content (AvgIpc) is 2.38. The molecule has 3 nitrogen and oxygen atoms in total. The highest BCUT2D eigenvalue weighted by Crippen LogP contribution is 2.10. The van der Waals surface area contributed by atoms with Gasteiger partial charge >= 0.3 is 0 Å². The van der Waals surface area contributed by atoms with Gasteiger partial charge in [-0.1, -0.05) is 28.1 Å². The minimum Gasteiger partial charge on any atom is -0.378 e. The average molecular weight is 299 g/mol. The fraction of sp³-hybridized carbons (Fsp3) is 0.538. The Bertz CT molecular complexity index is 323. The molecular formula is C13H19BrN2O. The highest BCUT2D eigenvalue weighted by molar-refractivity contribution is 9.10. The lowest BCUT2D eigenvalue weighted by Crippen LogP contribution is -2.47. The first-order valence-corrected chi connectivity index (χ1v) is 6.90. The lowest BCUT2D eigenvalue weighted by Gasteiger charge is -2.24. The second kappa shape index (κ2) is 7.11. The van der Waals surface area contributed by atoms with Crippen LogP contribution in [0.1, 0.15) is 5.56 Å². The summed E-state index contributed by atoms with van der Waals surface area (Å²) in [6.45, 7) is 4.63. The molecule has 1 atom stereocenters. The van der Waals surface area contributed by atoms with Crippen LogP contribution in [0.3, 0.4) is 0 Å². The number of nitrogens with one attached hydrogen (secondary N) is 2. The second-order valence-electron chi connectivity index (χ2n) is 4.31. The summed E-state index contributed by atoms with van der Waals surface area (Å²) in [4.78, 5) is 0. The van der Waals surface area contributed by atoms with Crippen LogP contribution in [0.25, 0.3) is 0 Å². The summed E-state index contributed by atoms with van der Waals surface area (Å²) in [5.41, 5.74) is 1.37. The van der Waals surface area contributed by atoms with E-state index in [4.69, 9.17) is 4.74 Å². The zero-order valence-corrected chi connectivity index (χ0v) is 11.5. The molecule has 1 unspecified atom stereocenters. The van der Waals surface area contributed by atoms with Crippen LogP contribution in [0.15, 0.2) is 28.7 Å². The molecule has 2 rings (SSSR count). The number of morpholine rings is 1. The zero-order valence-electron chi connectivity index (χ0n) is 9.92. The molecule has 1 aliphatic heterocycles. The van der Waals surface area contributed by atoms with Gasteiger partial charge in [-0.3, -0.25) is 0 Å². The van der Waals surface area contributed by atoms with Crippen molar-refractivity contribution in [1.29, 1.82) is 0 Å². The van der Waals surface area contributed by atoms with Gasteiger partial charge < -0.3 is 15.4 Å². The van der Waals surface area contributed by atoms with Gasteiger partial charge in [-0.15, -0.1) is 0 Å². The van der Waals surface area contributed by atoms with Gasteiger partial charge in [-0.05, 0) is 30.7 Å². The fourth-order valence-corrected chi connectivity index (χ4v) is 2.18. The minimum atomic E-state index is 0.466. The van der Waals surface area contributed by atoms with Crippen molar-refractivity contribution in [1.82, 2.24) is 10.6 Å². The van der Waals surface area contributed by atoms with Crippen LogP contribution in [0, 0.1) is 0 Å². The third-order valence-electron chi connectivity index (χ3n) is 2.89. The maximum atomic E-state index is 5.40. The van der Waals surface area contributed by atoms with Gasteiger partial charge in [0, 0.05) is 23.6 Å². The predicted molar refractivity (Wildman–Crippen MR) is 73.3 cm³/mol. The van der Waals surface area contributed by atoms with Crippen molar-refractivity contribution in [3.8, 4) is 0 Å². The molecule has 1 aromatic carbocycles.